The van der Waals surface area contributed by atoms with Gasteiger partial charge < -0.3 is 4.74 Å². The second kappa shape index (κ2) is 6.42. The second-order valence-electron chi connectivity index (χ2n) is 4.59. The molecule has 0 spiro atoms. The molecule has 0 amide bonds. The maximum atomic E-state index is 12.1. The Labute approximate surface area is 131 Å². The summed E-state index contributed by atoms with van der Waals surface area (Å²) in [6.07, 6.45) is 0. The van der Waals surface area contributed by atoms with Crippen molar-refractivity contribution >= 4 is 33.3 Å². The van der Waals surface area contributed by atoms with E-state index in [9.17, 15) is 4.79 Å². The number of ketones is 1. The van der Waals surface area contributed by atoms with E-state index >= 15 is 0 Å². The molecule has 0 heterocycles. The first-order chi connectivity index (χ1) is 9.47. The van der Waals surface area contributed by atoms with E-state index in [0.717, 1.165) is 10.0 Å². The minimum atomic E-state index is -0.0463. The molecule has 2 aromatic carbocycles. The van der Waals surface area contributed by atoms with Crippen molar-refractivity contribution in [2.24, 2.45) is 0 Å². The molecule has 0 radical (unpaired) electrons. The van der Waals surface area contributed by atoms with Gasteiger partial charge in [0.15, 0.2) is 12.4 Å². The van der Waals surface area contributed by atoms with Crippen LogP contribution in [-0.4, -0.2) is 12.4 Å². The van der Waals surface area contributed by atoms with Crippen LogP contribution in [0.15, 0.2) is 40.9 Å². The lowest BCUT2D eigenvalue weighted by atomic mass is 10.0. The summed E-state index contributed by atoms with van der Waals surface area (Å²) < 4.78 is 6.26. The minimum absolute atomic E-state index is 0.00271. The lowest BCUT2D eigenvalue weighted by Crippen LogP contribution is -2.12. The van der Waals surface area contributed by atoms with Crippen molar-refractivity contribution in [2.45, 2.75) is 13.8 Å². The topological polar surface area (TPSA) is 26.3 Å². The SMILES string of the molecule is Cc1ccc(C(=O)COc2ccc(Cl)cc2Br)cc1C. The lowest BCUT2D eigenvalue weighted by Gasteiger charge is -2.09. The summed E-state index contributed by atoms with van der Waals surface area (Å²) in [6.45, 7) is 4.01. The number of benzene rings is 2. The maximum Gasteiger partial charge on any atom is 0.200 e. The van der Waals surface area contributed by atoms with Crippen molar-refractivity contribution in [2.75, 3.05) is 6.61 Å². The first-order valence-corrected chi connectivity index (χ1v) is 7.33. The fourth-order valence-electron chi connectivity index (χ4n) is 1.73. The number of carbonyl (C=O) groups excluding carboxylic acids is 1. The molecule has 0 fully saturated rings. The van der Waals surface area contributed by atoms with Crippen LogP contribution >= 0.6 is 27.5 Å². The molecule has 0 atom stereocenters. The third-order valence-electron chi connectivity index (χ3n) is 3.08. The van der Waals surface area contributed by atoms with Crippen LogP contribution in [-0.2, 0) is 0 Å². The predicted molar refractivity (Wildman–Crippen MR) is 84.9 cm³/mol. The molecule has 2 rings (SSSR count). The first-order valence-electron chi connectivity index (χ1n) is 6.15. The van der Waals surface area contributed by atoms with E-state index in [1.807, 2.05) is 32.0 Å². The minimum Gasteiger partial charge on any atom is -0.484 e. The van der Waals surface area contributed by atoms with Crippen molar-refractivity contribution in [3.05, 3.63) is 62.6 Å². The summed E-state index contributed by atoms with van der Waals surface area (Å²) >= 11 is 9.21. The first kappa shape index (κ1) is 15.1. The van der Waals surface area contributed by atoms with Gasteiger partial charge in [0.1, 0.15) is 5.75 Å². The number of Topliss-reactive ketones (excluding diaryl/α,β-unsaturated/α-hetero) is 1. The van der Waals surface area contributed by atoms with Gasteiger partial charge in [0.25, 0.3) is 0 Å². The summed E-state index contributed by atoms with van der Waals surface area (Å²) in [5, 5.41) is 0.615. The highest BCUT2D eigenvalue weighted by Gasteiger charge is 2.09. The fraction of sp³-hybridized carbons (Fsp3) is 0.188. The van der Waals surface area contributed by atoms with E-state index in [1.54, 1.807) is 18.2 Å². The fourth-order valence-corrected chi connectivity index (χ4v) is 2.53. The highest BCUT2D eigenvalue weighted by Crippen LogP contribution is 2.28. The average Bonchev–Trinajstić information content (AvgIpc) is 2.40. The summed E-state index contributed by atoms with van der Waals surface area (Å²) in [7, 11) is 0. The maximum absolute atomic E-state index is 12.1. The zero-order chi connectivity index (χ0) is 14.7. The summed E-state index contributed by atoms with van der Waals surface area (Å²) in [6, 6.07) is 10.9. The molecule has 0 saturated heterocycles. The van der Waals surface area contributed by atoms with Gasteiger partial charge in [-0.15, -0.1) is 0 Å². The van der Waals surface area contributed by atoms with Crippen molar-refractivity contribution in [3.63, 3.8) is 0 Å². The molecular weight excluding hydrogens is 340 g/mol. The van der Waals surface area contributed by atoms with Gasteiger partial charge in [0.2, 0.25) is 0 Å². The summed E-state index contributed by atoms with van der Waals surface area (Å²) in [4.78, 5) is 12.1. The highest BCUT2D eigenvalue weighted by molar-refractivity contribution is 9.10. The van der Waals surface area contributed by atoms with Gasteiger partial charge >= 0.3 is 0 Å². The quantitative estimate of drug-likeness (QED) is 0.725. The Hall–Kier alpha value is -1.32. The van der Waals surface area contributed by atoms with E-state index in [2.05, 4.69) is 15.9 Å². The van der Waals surface area contributed by atoms with Crippen LogP contribution in [0.2, 0.25) is 5.02 Å². The Balaban J connectivity index is 2.06. The normalized spacial score (nSPS) is 10.4. The molecule has 0 aromatic heterocycles. The third kappa shape index (κ3) is 3.62. The van der Waals surface area contributed by atoms with Gasteiger partial charge in [-0.1, -0.05) is 23.7 Å². The average molecular weight is 354 g/mol. The van der Waals surface area contributed by atoms with E-state index in [4.69, 9.17) is 16.3 Å². The van der Waals surface area contributed by atoms with Gasteiger partial charge in [-0.05, 0) is 65.2 Å². The van der Waals surface area contributed by atoms with Crippen LogP contribution in [0.3, 0.4) is 0 Å². The zero-order valence-corrected chi connectivity index (χ0v) is 13.6. The van der Waals surface area contributed by atoms with E-state index in [-0.39, 0.29) is 12.4 Å². The molecule has 0 N–H and O–H groups in total. The van der Waals surface area contributed by atoms with Gasteiger partial charge in [0, 0.05) is 10.6 Å². The molecule has 0 aliphatic heterocycles. The lowest BCUT2D eigenvalue weighted by molar-refractivity contribution is 0.0921. The number of carbonyl (C=O) groups is 1. The molecule has 104 valence electrons. The summed E-state index contributed by atoms with van der Waals surface area (Å²) in [5.74, 6) is 0.557. The van der Waals surface area contributed by atoms with E-state index in [0.29, 0.717) is 16.3 Å². The van der Waals surface area contributed by atoms with Crippen molar-refractivity contribution in [1.29, 1.82) is 0 Å². The van der Waals surface area contributed by atoms with Crippen LogP contribution in [0, 0.1) is 13.8 Å². The molecule has 0 saturated carbocycles. The molecule has 2 aromatic rings. The molecule has 20 heavy (non-hydrogen) atoms. The number of rotatable bonds is 4. The molecule has 0 unspecified atom stereocenters. The monoisotopic (exact) mass is 352 g/mol. The third-order valence-corrected chi connectivity index (χ3v) is 3.94. The Morgan fingerprint density at radius 2 is 1.90 bits per heavy atom. The molecular formula is C16H14BrClO2. The Kier molecular flexibility index (Phi) is 4.84. The molecule has 4 heteroatoms. The molecule has 0 aliphatic carbocycles. The molecule has 0 bridgehead atoms. The predicted octanol–water partition coefficient (Wildman–Crippen LogP) is 4.98. The molecule has 2 nitrogen and oxygen atoms in total. The van der Waals surface area contributed by atoms with Gasteiger partial charge in [-0.25, -0.2) is 0 Å². The number of aryl methyl sites for hydroxylation is 2. The van der Waals surface area contributed by atoms with Crippen LogP contribution in [0.1, 0.15) is 21.5 Å². The number of halogens is 2. The highest BCUT2D eigenvalue weighted by atomic mass is 79.9. The smallest absolute Gasteiger partial charge is 0.200 e. The Morgan fingerprint density at radius 3 is 2.55 bits per heavy atom. The van der Waals surface area contributed by atoms with E-state index < -0.39 is 0 Å². The molecule has 0 aliphatic rings. The standard InChI is InChI=1S/C16H14BrClO2/c1-10-3-4-12(7-11(10)2)15(19)9-20-16-6-5-13(18)8-14(16)17/h3-8H,9H2,1-2H3. The van der Waals surface area contributed by atoms with Crippen LogP contribution in [0.5, 0.6) is 5.75 Å². The van der Waals surface area contributed by atoms with Crippen LogP contribution < -0.4 is 4.74 Å². The Morgan fingerprint density at radius 1 is 1.15 bits per heavy atom. The van der Waals surface area contributed by atoms with Gasteiger partial charge in [0.05, 0.1) is 4.47 Å². The zero-order valence-electron chi connectivity index (χ0n) is 11.2. The Bertz CT molecular complexity index is 653. The largest absolute Gasteiger partial charge is 0.484 e. The van der Waals surface area contributed by atoms with Crippen LogP contribution in [0.25, 0.3) is 0 Å². The van der Waals surface area contributed by atoms with Crippen molar-refractivity contribution < 1.29 is 9.53 Å². The second-order valence-corrected chi connectivity index (χ2v) is 5.88. The van der Waals surface area contributed by atoms with Gasteiger partial charge in [-0.3, -0.25) is 4.79 Å². The van der Waals surface area contributed by atoms with Crippen molar-refractivity contribution in [3.8, 4) is 5.75 Å². The van der Waals surface area contributed by atoms with Crippen molar-refractivity contribution in [1.82, 2.24) is 0 Å². The van der Waals surface area contributed by atoms with E-state index in [1.165, 1.54) is 5.56 Å². The summed E-state index contributed by atoms with van der Waals surface area (Å²) in [5.41, 5.74) is 2.93. The van der Waals surface area contributed by atoms with Crippen LogP contribution in [0.4, 0.5) is 0 Å². The number of ether oxygens (including phenoxy) is 1. The number of hydrogen-bond acceptors (Lipinski definition) is 2. The van der Waals surface area contributed by atoms with Gasteiger partial charge in [-0.2, -0.15) is 0 Å². The number of hydrogen-bond donors (Lipinski definition) is 0.